The molecular weight excluding hydrogens is 314 g/mol. The van der Waals surface area contributed by atoms with Gasteiger partial charge in [-0.1, -0.05) is 37.8 Å². The molecule has 0 aromatic heterocycles. The minimum absolute atomic E-state index is 0.748. The number of anilines is 1. The molecule has 0 bridgehead atoms. The molecule has 2 aromatic carbocycles. The highest BCUT2D eigenvalue weighted by Crippen LogP contribution is 2.31. The van der Waals surface area contributed by atoms with Gasteiger partial charge >= 0.3 is 0 Å². The van der Waals surface area contributed by atoms with Crippen molar-refractivity contribution in [1.82, 2.24) is 0 Å². The Labute approximate surface area is 146 Å². The molecule has 2 N–H and O–H groups in total. The molecule has 24 heavy (non-hydrogen) atoms. The third kappa shape index (κ3) is 4.85. The number of methoxy groups -OCH3 is 1. The topological polar surface area (TPSA) is 44.5 Å². The summed E-state index contributed by atoms with van der Waals surface area (Å²) in [4.78, 5) is 0. The van der Waals surface area contributed by atoms with E-state index in [1.54, 1.807) is 7.11 Å². The first-order valence-corrected chi connectivity index (χ1v) is 12.0. The van der Waals surface area contributed by atoms with Crippen molar-refractivity contribution >= 4 is 13.8 Å². The maximum atomic E-state index is 6.16. The van der Waals surface area contributed by atoms with E-state index in [0.717, 1.165) is 46.3 Å². The van der Waals surface area contributed by atoms with Crippen LogP contribution in [-0.4, -0.2) is 21.8 Å². The highest BCUT2D eigenvalue weighted by atomic mass is 28.3. The molecule has 0 aliphatic carbocycles. The van der Waals surface area contributed by atoms with E-state index in [4.69, 9.17) is 15.2 Å². The number of hydrogen-bond acceptors (Lipinski definition) is 3. The largest absolute Gasteiger partial charge is 0.497 e. The normalized spacial score (nSPS) is 11.5. The van der Waals surface area contributed by atoms with Crippen molar-refractivity contribution in [2.75, 3.05) is 19.5 Å². The van der Waals surface area contributed by atoms with Gasteiger partial charge in [-0.2, -0.15) is 0 Å². The maximum absolute atomic E-state index is 6.16. The number of nitrogen functional groups attached to an aromatic ring is 1. The van der Waals surface area contributed by atoms with Gasteiger partial charge in [0.1, 0.15) is 12.4 Å². The summed E-state index contributed by atoms with van der Waals surface area (Å²) in [6.45, 7) is 11.7. The summed E-state index contributed by atoms with van der Waals surface area (Å²) >= 11 is 0. The van der Waals surface area contributed by atoms with E-state index in [2.05, 4.69) is 44.8 Å². The van der Waals surface area contributed by atoms with Crippen molar-refractivity contribution in [1.29, 1.82) is 0 Å². The first kappa shape index (κ1) is 18.6. The lowest BCUT2D eigenvalue weighted by Crippen LogP contribution is -2.21. The summed E-state index contributed by atoms with van der Waals surface area (Å²) in [5.74, 6) is 0.855. The van der Waals surface area contributed by atoms with Crippen LogP contribution in [0.4, 0.5) is 5.69 Å². The summed E-state index contributed by atoms with van der Waals surface area (Å²) in [5.41, 5.74) is 11.3. The van der Waals surface area contributed by atoms with Crippen LogP contribution in [0.2, 0.25) is 25.7 Å². The fourth-order valence-electron chi connectivity index (χ4n) is 2.50. The Bertz CT molecular complexity index is 675. The Morgan fingerprint density at radius 1 is 1.04 bits per heavy atom. The Morgan fingerprint density at radius 3 is 2.29 bits per heavy atom. The molecule has 0 aliphatic rings. The summed E-state index contributed by atoms with van der Waals surface area (Å²) in [6, 6.07) is 13.2. The standard InChI is InChI=1S/C20H28NO2Si/c1-15-18(16-6-8-17(22-2)9-7-16)10-11-20(21)19(15)14-23-12-13-24(3,4)5/h6-11,14H,12-13,21H2,1-5H3. The SMILES string of the molecule is COc1ccc(-c2ccc(N)c([CH]OCC[Si](C)(C)C)c2C)cc1. The van der Waals surface area contributed by atoms with Crippen LogP contribution >= 0.6 is 0 Å². The van der Waals surface area contributed by atoms with Crippen molar-refractivity contribution < 1.29 is 9.47 Å². The average Bonchev–Trinajstić information content (AvgIpc) is 2.53. The number of ether oxygens (including phenoxy) is 2. The Morgan fingerprint density at radius 2 is 1.71 bits per heavy atom. The second-order valence-corrected chi connectivity index (χ2v) is 12.9. The third-order valence-corrected chi connectivity index (χ3v) is 5.82. The first-order valence-electron chi connectivity index (χ1n) is 8.30. The van der Waals surface area contributed by atoms with Gasteiger partial charge in [-0.15, -0.1) is 0 Å². The van der Waals surface area contributed by atoms with Gasteiger partial charge in [-0.25, -0.2) is 0 Å². The van der Waals surface area contributed by atoms with Crippen molar-refractivity contribution in [3.63, 3.8) is 0 Å². The van der Waals surface area contributed by atoms with Crippen LogP contribution in [0, 0.1) is 13.5 Å². The lowest BCUT2D eigenvalue weighted by atomic mass is 9.95. The Balaban J connectivity index is 2.17. The van der Waals surface area contributed by atoms with Crippen LogP contribution in [-0.2, 0) is 4.74 Å². The summed E-state index contributed by atoms with van der Waals surface area (Å²) in [7, 11) is 0.592. The molecule has 0 spiro atoms. The van der Waals surface area contributed by atoms with Gasteiger partial charge in [0.15, 0.2) is 0 Å². The van der Waals surface area contributed by atoms with Crippen LogP contribution in [0.3, 0.4) is 0 Å². The number of hydrogen-bond donors (Lipinski definition) is 1. The van der Waals surface area contributed by atoms with E-state index in [1.165, 1.54) is 0 Å². The molecule has 0 saturated heterocycles. The second kappa shape index (κ2) is 7.86. The minimum Gasteiger partial charge on any atom is -0.497 e. The number of benzene rings is 2. The summed E-state index contributed by atoms with van der Waals surface area (Å²) < 4.78 is 11.0. The van der Waals surface area contributed by atoms with E-state index < -0.39 is 8.07 Å². The summed E-state index contributed by atoms with van der Waals surface area (Å²) in [6.07, 6.45) is 0. The van der Waals surface area contributed by atoms with E-state index in [9.17, 15) is 0 Å². The van der Waals surface area contributed by atoms with Crippen molar-refractivity contribution in [3.05, 3.63) is 54.1 Å². The van der Waals surface area contributed by atoms with Gasteiger partial charge in [0, 0.05) is 25.9 Å². The van der Waals surface area contributed by atoms with Crippen molar-refractivity contribution in [2.45, 2.75) is 32.6 Å². The third-order valence-electron chi connectivity index (χ3n) is 4.12. The van der Waals surface area contributed by atoms with E-state index >= 15 is 0 Å². The zero-order chi connectivity index (χ0) is 17.7. The van der Waals surface area contributed by atoms with Crippen LogP contribution in [0.5, 0.6) is 5.75 Å². The molecule has 2 rings (SSSR count). The Hall–Kier alpha value is -1.78. The molecule has 2 aromatic rings. The molecule has 0 atom stereocenters. The van der Waals surface area contributed by atoms with Crippen LogP contribution < -0.4 is 10.5 Å². The van der Waals surface area contributed by atoms with Gasteiger partial charge in [0.25, 0.3) is 0 Å². The number of nitrogens with two attached hydrogens (primary N) is 1. The van der Waals surface area contributed by atoms with Crippen molar-refractivity contribution in [2.24, 2.45) is 0 Å². The fraction of sp³-hybridized carbons (Fsp3) is 0.350. The molecule has 0 amide bonds. The van der Waals surface area contributed by atoms with E-state index in [0.29, 0.717) is 0 Å². The highest BCUT2D eigenvalue weighted by Gasteiger charge is 2.14. The molecule has 0 heterocycles. The smallest absolute Gasteiger partial charge is 0.118 e. The van der Waals surface area contributed by atoms with Gasteiger partial charge in [0.05, 0.1) is 7.11 Å². The van der Waals surface area contributed by atoms with E-state index in [1.807, 2.05) is 24.8 Å². The molecular formula is C20H28NO2Si. The van der Waals surface area contributed by atoms with Crippen LogP contribution in [0.15, 0.2) is 36.4 Å². The lowest BCUT2D eigenvalue weighted by Gasteiger charge is -2.17. The molecule has 4 heteroatoms. The van der Waals surface area contributed by atoms with Gasteiger partial charge in [-0.05, 0) is 47.9 Å². The molecule has 0 saturated carbocycles. The molecule has 0 aliphatic heterocycles. The molecule has 129 valence electrons. The predicted octanol–water partition coefficient (Wildman–Crippen LogP) is 5.12. The molecule has 0 fully saturated rings. The fourth-order valence-corrected chi connectivity index (χ4v) is 3.23. The Kier molecular flexibility index (Phi) is 6.08. The average molecular weight is 343 g/mol. The quantitative estimate of drug-likeness (QED) is 0.431. The second-order valence-electron chi connectivity index (χ2n) is 7.27. The van der Waals surface area contributed by atoms with Crippen LogP contribution in [0.1, 0.15) is 11.1 Å². The minimum atomic E-state index is -1.08. The molecule has 0 unspecified atom stereocenters. The zero-order valence-corrected chi connectivity index (χ0v) is 16.3. The maximum Gasteiger partial charge on any atom is 0.118 e. The first-order chi connectivity index (χ1) is 11.3. The van der Waals surface area contributed by atoms with Gasteiger partial charge in [-0.3, -0.25) is 0 Å². The van der Waals surface area contributed by atoms with Crippen LogP contribution in [0.25, 0.3) is 11.1 Å². The van der Waals surface area contributed by atoms with Gasteiger partial charge in [0.2, 0.25) is 0 Å². The summed E-state index contributed by atoms with van der Waals surface area (Å²) in [5, 5.41) is 0. The number of rotatable bonds is 7. The van der Waals surface area contributed by atoms with Crippen molar-refractivity contribution in [3.8, 4) is 16.9 Å². The van der Waals surface area contributed by atoms with E-state index in [-0.39, 0.29) is 0 Å². The molecule has 3 nitrogen and oxygen atoms in total. The zero-order valence-electron chi connectivity index (χ0n) is 15.3. The lowest BCUT2D eigenvalue weighted by molar-refractivity contribution is 0.228. The highest BCUT2D eigenvalue weighted by molar-refractivity contribution is 6.76. The monoisotopic (exact) mass is 342 g/mol. The molecule has 1 radical (unpaired) electrons. The predicted molar refractivity (Wildman–Crippen MR) is 105 cm³/mol. The van der Waals surface area contributed by atoms with Gasteiger partial charge < -0.3 is 15.2 Å².